The fourth-order valence-corrected chi connectivity index (χ4v) is 1.88. The highest BCUT2D eigenvalue weighted by Gasteiger charge is 2.14. The van der Waals surface area contributed by atoms with Gasteiger partial charge in [0.15, 0.2) is 0 Å². The van der Waals surface area contributed by atoms with Gasteiger partial charge in [0, 0.05) is 12.8 Å². The van der Waals surface area contributed by atoms with Crippen molar-refractivity contribution < 1.29 is 9.59 Å². The first-order valence-electron chi connectivity index (χ1n) is 6.12. The molecule has 0 aliphatic carbocycles. The third-order valence-corrected chi connectivity index (χ3v) is 2.70. The van der Waals surface area contributed by atoms with Gasteiger partial charge in [-0.25, -0.2) is 0 Å². The molecule has 0 spiro atoms. The van der Waals surface area contributed by atoms with E-state index in [9.17, 15) is 9.59 Å². The van der Waals surface area contributed by atoms with Crippen LogP contribution in [0.25, 0.3) is 0 Å². The molecule has 0 saturated heterocycles. The van der Waals surface area contributed by atoms with Gasteiger partial charge < -0.3 is 11.5 Å². The van der Waals surface area contributed by atoms with Crippen LogP contribution in [0.5, 0.6) is 0 Å². The number of carbonyl (C=O) groups is 2. The summed E-state index contributed by atoms with van der Waals surface area (Å²) in [6.45, 7) is 2.17. The number of primary amides is 2. The zero-order chi connectivity index (χ0) is 12.4. The van der Waals surface area contributed by atoms with Crippen molar-refractivity contribution in [2.45, 2.75) is 58.3 Å². The Hall–Kier alpha value is -1.06. The van der Waals surface area contributed by atoms with E-state index in [1.807, 2.05) is 0 Å². The van der Waals surface area contributed by atoms with Crippen LogP contribution >= 0.6 is 0 Å². The van der Waals surface area contributed by atoms with Crippen molar-refractivity contribution in [2.75, 3.05) is 0 Å². The van der Waals surface area contributed by atoms with Crippen LogP contribution in [-0.4, -0.2) is 11.8 Å². The van der Waals surface area contributed by atoms with Crippen LogP contribution < -0.4 is 11.5 Å². The minimum Gasteiger partial charge on any atom is -0.370 e. The second-order valence-electron chi connectivity index (χ2n) is 4.41. The molecule has 0 radical (unpaired) electrons. The van der Waals surface area contributed by atoms with Gasteiger partial charge >= 0.3 is 0 Å². The van der Waals surface area contributed by atoms with Gasteiger partial charge in [0.25, 0.3) is 0 Å². The van der Waals surface area contributed by atoms with Gasteiger partial charge in [-0.2, -0.15) is 0 Å². The molecule has 0 aromatic heterocycles. The van der Waals surface area contributed by atoms with Crippen molar-refractivity contribution in [1.82, 2.24) is 0 Å². The van der Waals surface area contributed by atoms with Crippen LogP contribution in [0.3, 0.4) is 0 Å². The molecule has 0 fully saturated rings. The maximum atomic E-state index is 10.8. The number of unbranched alkanes of at least 4 members (excludes halogenated alkanes) is 4. The Morgan fingerprint density at radius 3 is 1.88 bits per heavy atom. The van der Waals surface area contributed by atoms with E-state index in [4.69, 9.17) is 11.5 Å². The van der Waals surface area contributed by atoms with Crippen LogP contribution in [0.15, 0.2) is 0 Å². The summed E-state index contributed by atoms with van der Waals surface area (Å²) in [6.07, 6.45) is 7.30. The molecule has 0 rings (SSSR count). The van der Waals surface area contributed by atoms with Gasteiger partial charge in [-0.3, -0.25) is 9.59 Å². The summed E-state index contributed by atoms with van der Waals surface area (Å²) in [5.41, 5.74) is 10.3. The van der Waals surface area contributed by atoms with Crippen LogP contribution in [0.2, 0.25) is 0 Å². The zero-order valence-electron chi connectivity index (χ0n) is 10.2. The normalized spacial score (nSPS) is 10.6. The van der Waals surface area contributed by atoms with Gasteiger partial charge in [0.05, 0.1) is 0 Å². The molecular formula is C12H24N2O2. The molecule has 4 nitrogen and oxygen atoms in total. The number of hydrogen-bond donors (Lipinski definition) is 2. The van der Waals surface area contributed by atoms with Crippen molar-refractivity contribution in [3.05, 3.63) is 0 Å². The molecule has 0 aromatic rings. The Kier molecular flexibility index (Phi) is 8.58. The van der Waals surface area contributed by atoms with E-state index in [-0.39, 0.29) is 30.6 Å². The largest absolute Gasteiger partial charge is 0.370 e. The van der Waals surface area contributed by atoms with E-state index in [1.165, 1.54) is 19.3 Å². The molecule has 4 heteroatoms. The molecule has 0 atom stereocenters. The average molecular weight is 228 g/mol. The first kappa shape index (κ1) is 14.9. The quantitative estimate of drug-likeness (QED) is 0.558. The van der Waals surface area contributed by atoms with Crippen LogP contribution in [0.1, 0.15) is 58.3 Å². The topological polar surface area (TPSA) is 86.2 Å². The maximum Gasteiger partial charge on any atom is 0.217 e. The summed E-state index contributed by atoms with van der Waals surface area (Å²) in [6, 6.07) is 0. The molecule has 0 unspecified atom stereocenters. The molecule has 0 aromatic carbocycles. The lowest BCUT2D eigenvalue weighted by Gasteiger charge is -2.12. The molecule has 0 bridgehead atoms. The molecule has 0 saturated carbocycles. The Morgan fingerprint density at radius 1 is 0.938 bits per heavy atom. The number of nitrogens with two attached hydrogens (primary N) is 2. The monoisotopic (exact) mass is 228 g/mol. The SMILES string of the molecule is CCCCCCCC(CC(N)=O)CC(N)=O. The summed E-state index contributed by atoms with van der Waals surface area (Å²) < 4.78 is 0. The van der Waals surface area contributed by atoms with Gasteiger partial charge in [0.1, 0.15) is 0 Å². The van der Waals surface area contributed by atoms with Gasteiger partial charge in [-0.05, 0) is 12.3 Å². The summed E-state index contributed by atoms with van der Waals surface area (Å²) in [4.78, 5) is 21.6. The van der Waals surface area contributed by atoms with E-state index in [2.05, 4.69) is 6.92 Å². The smallest absolute Gasteiger partial charge is 0.217 e. The number of amides is 2. The minimum atomic E-state index is -0.347. The second-order valence-corrected chi connectivity index (χ2v) is 4.41. The second kappa shape index (κ2) is 9.19. The van der Waals surface area contributed by atoms with Crippen LogP contribution in [0, 0.1) is 5.92 Å². The average Bonchev–Trinajstić information content (AvgIpc) is 2.15. The van der Waals surface area contributed by atoms with Crippen LogP contribution in [0.4, 0.5) is 0 Å². The summed E-state index contributed by atoms with van der Waals surface area (Å²) >= 11 is 0. The highest BCUT2D eigenvalue weighted by atomic mass is 16.1. The number of hydrogen-bond acceptors (Lipinski definition) is 2. The van der Waals surface area contributed by atoms with E-state index < -0.39 is 0 Å². The first-order chi connectivity index (χ1) is 7.56. The minimum absolute atomic E-state index is 0.0385. The lowest BCUT2D eigenvalue weighted by Crippen LogP contribution is -2.22. The van der Waals surface area contributed by atoms with Gasteiger partial charge in [-0.1, -0.05) is 39.0 Å². The van der Waals surface area contributed by atoms with Crippen molar-refractivity contribution in [3.8, 4) is 0 Å². The lowest BCUT2D eigenvalue weighted by atomic mass is 9.93. The summed E-state index contributed by atoms with van der Waals surface area (Å²) in [5.74, 6) is -0.656. The van der Waals surface area contributed by atoms with E-state index >= 15 is 0 Å². The standard InChI is InChI=1S/C12H24N2O2/c1-2-3-4-5-6-7-10(8-11(13)15)9-12(14)16/h10H,2-9H2,1H3,(H2,13,15)(H2,14,16). The Morgan fingerprint density at radius 2 is 1.44 bits per heavy atom. The first-order valence-corrected chi connectivity index (χ1v) is 6.12. The summed E-state index contributed by atoms with van der Waals surface area (Å²) in [5, 5.41) is 0. The Labute approximate surface area is 97.8 Å². The molecule has 16 heavy (non-hydrogen) atoms. The van der Waals surface area contributed by atoms with E-state index in [0.29, 0.717) is 0 Å². The van der Waals surface area contributed by atoms with Crippen molar-refractivity contribution in [3.63, 3.8) is 0 Å². The third kappa shape index (κ3) is 9.49. The molecule has 0 aliphatic heterocycles. The predicted octanol–water partition coefficient (Wildman–Crippen LogP) is 1.71. The highest BCUT2D eigenvalue weighted by Crippen LogP contribution is 2.17. The van der Waals surface area contributed by atoms with Gasteiger partial charge in [-0.15, -0.1) is 0 Å². The Balaban J connectivity index is 3.73. The number of rotatable bonds is 10. The van der Waals surface area contributed by atoms with Crippen molar-refractivity contribution in [1.29, 1.82) is 0 Å². The van der Waals surface area contributed by atoms with Crippen LogP contribution in [-0.2, 0) is 9.59 Å². The summed E-state index contributed by atoms with van der Waals surface area (Å²) in [7, 11) is 0. The molecular weight excluding hydrogens is 204 g/mol. The molecule has 94 valence electrons. The number of carbonyl (C=O) groups excluding carboxylic acids is 2. The molecule has 4 N–H and O–H groups in total. The van der Waals surface area contributed by atoms with Crippen molar-refractivity contribution in [2.24, 2.45) is 17.4 Å². The lowest BCUT2D eigenvalue weighted by molar-refractivity contribution is -0.120. The molecule has 2 amide bonds. The Bertz CT molecular complexity index is 201. The fraction of sp³-hybridized carbons (Fsp3) is 0.833. The fourth-order valence-electron chi connectivity index (χ4n) is 1.88. The van der Waals surface area contributed by atoms with E-state index in [0.717, 1.165) is 19.3 Å². The third-order valence-electron chi connectivity index (χ3n) is 2.70. The predicted molar refractivity (Wildman–Crippen MR) is 64.5 cm³/mol. The van der Waals surface area contributed by atoms with Crippen molar-refractivity contribution >= 4 is 11.8 Å². The molecule has 0 aliphatic rings. The maximum absolute atomic E-state index is 10.8. The van der Waals surface area contributed by atoms with E-state index in [1.54, 1.807) is 0 Å². The molecule has 0 heterocycles. The van der Waals surface area contributed by atoms with Gasteiger partial charge in [0.2, 0.25) is 11.8 Å². The highest BCUT2D eigenvalue weighted by molar-refractivity contribution is 5.77. The zero-order valence-corrected chi connectivity index (χ0v) is 10.2.